The molecule has 3 aromatic rings. The Morgan fingerprint density at radius 2 is 1.97 bits per heavy atom. The lowest BCUT2D eigenvalue weighted by Gasteiger charge is -2.13. The molecule has 0 amide bonds. The van der Waals surface area contributed by atoms with Crippen LogP contribution >= 0.6 is 0 Å². The molecule has 3 heterocycles. The number of anilines is 2. The van der Waals surface area contributed by atoms with Gasteiger partial charge < -0.3 is 9.88 Å². The third kappa shape index (κ3) is 4.26. The molecule has 164 valence electrons. The van der Waals surface area contributed by atoms with E-state index in [1.165, 1.54) is 31.3 Å². The Morgan fingerprint density at radius 1 is 1.19 bits per heavy atom. The van der Waals surface area contributed by atoms with Crippen LogP contribution in [-0.2, 0) is 29.2 Å². The van der Waals surface area contributed by atoms with E-state index in [9.17, 15) is 26.0 Å². The second-order valence-corrected chi connectivity index (χ2v) is 8.85. The molecule has 12 heteroatoms. The van der Waals surface area contributed by atoms with Crippen molar-refractivity contribution in [3.8, 4) is 11.3 Å². The van der Waals surface area contributed by atoms with Crippen molar-refractivity contribution < 1.29 is 26.0 Å². The molecule has 1 aliphatic heterocycles. The Kier molecular flexibility index (Phi) is 5.21. The van der Waals surface area contributed by atoms with Crippen molar-refractivity contribution >= 4 is 21.5 Å². The van der Waals surface area contributed by atoms with Crippen molar-refractivity contribution in [2.24, 2.45) is 0 Å². The van der Waals surface area contributed by atoms with E-state index in [1.807, 2.05) is 0 Å². The number of hydrogen-bond acceptors (Lipinski definition) is 5. The van der Waals surface area contributed by atoms with Gasteiger partial charge in [0.05, 0.1) is 22.7 Å². The van der Waals surface area contributed by atoms with Crippen molar-refractivity contribution in [1.82, 2.24) is 19.3 Å². The van der Waals surface area contributed by atoms with Gasteiger partial charge in [-0.15, -0.1) is 0 Å². The zero-order valence-corrected chi connectivity index (χ0v) is 16.9. The summed E-state index contributed by atoms with van der Waals surface area (Å²) in [7, 11) is -2.48. The Morgan fingerprint density at radius 3 is 2.58 bits per heavy atom. The van der Waals surface area contributed by atoms with Gasteiger partial charge in [0.1, 0.15) is 17.8 Å². The molecular weight excluding hydrogens is 438 g/mol. The normalized spacial score (nSPS) is 16.4. The molecule has 0 bridgehead atoms. The molecule has 0 aliphatic carbocycles. The van der Waals surface area contributed by atoms with Crippen LogP contribution in [0.25, 0.3) is 11.3 Å². The molecule has 1 unspecified atom stereocenters. The van der Waals surface area contributed by atoms with Crippen LogP contribution in [0.3, 0.4) is 0 Å². The average molecular weight is 455 g/mol. The molecular formula is C19H17F4N5O2S. The largest absolute Gasteiger partial charge is 0.417 e. The van der Waals surface area contributed by atoms with Crippen molar-refractivity contribution in [3.63, 3.8) is 0 Å². The first-order valence-corrected chi connectivity index (χ1v) is 10.6. The SMILES string of the molecule is CNS(=O)(=O)c1ccc(Nc2ccc(C(F)(F)F)cn2)c(-c2cn3c(n2)CC(F)C3)c1. The number of aromatic nitrogens is 3. The number of sulfonamides is 1. The number of fused-ring (bicyclic) bond motifs is 1. The van der Waals surface area contributed by atoms with Gasteiger partial charge in [0, 0.05) is 30.1 Å². The predicted octanol–water partition coefficient (Wildman–Crippen LogP) is 3.51. The van der Waals surface area contributed by atoms with Crippen molar-refractivity contribution in [2.45, 2.75) is 30.2 Å². The summed E-state index contributed by atoms with van der Waals surface area (Å²) >= 11 is 0. The van der Waals surface area contributed by atoms with Crippen LogP contribution in [-0.4, -0.2) is 36.2 Å². The van der Waals surface area contributed by atoms with Gasteiger partial charge in [-0.05, 0) is 37.4 Å². The second kappa shape index (κ2) is 7.61. The van der Waals surface area contributed by atoms with Gasteiger partial charge >= 0.3 is 6.18 Å². The van der Waals surface area contributed by atoms with Gasteiger partial charge in [0.2, 0.25) is 10.0 Å². The fourth-order valence-electron chi connectivity index (χ4n) is 3.28. The maximum atomic E-state index is 13.6. The van der Waals surface area contributed by atoms with Gasteiger partial charge in [0.25, 0.3) is 0 Å². The molecule has 0 saturated heterocycles. The van der Waals surface area contributed by atoms with Crippen molar-refractivity contribution in [3.05, 3.63) is 54.1 Å². The summed E-state index contributed by atoms with van der Waals surface area (Å²) in [6, 6.07) is 6.28. The quantitative estimate of drug-likeness (QED) is 0.575. The monoisotopic (exact) mass is 455 g/mol. The summed E-state index contributed by atoms with van der Waals surface area (Å²) in [6.45, 7) is 0.153. The van der Waals surface area contributed by atoms with Crippen LogP contribution in [0.5, 0.6) is 0 Å². The fraction of sp³-hybridized carbons (Fsp3) is 0.263. The third-order valence-electron chi connectivity index (χ3n) is 4.86. The number of nitrogens with zero attached hydrogens (tertiary/aromatic N) is 3. The van der Waals surface area contributed by atoms with E-state index in [2.05, 4.69) is 20.0 Å². The number of alkyl halides is 4. The standard InChI is InChI=1S/C19H17F4N5O2S/c1-24-31(29,30)13-3-4-15(26-17-5-2-11(8-25-17)19(21,22)23)14(7-13)16-10-28-9-12(20)6-18(28)27-16/h2-5,7-8,10,12,24H,6,9H2,1H3,(H,25,26). The van der Waals surface area contributed by atoms with Gasteiger partial charge in [0.15, 0.2) is 0 Å². The molecule has 4 rings (SSSR count). The van der Waals surface area contributed by atoms with Crippen molar-refractivity contribution in [1.29, 1.82) is 0 Å². The minimum Gasteiger partial charge on any atom is -0.340 e. The second-order valence-electron chi connectivity index (χ2n) is 6.97. The first-order valence-electron chi connectivity index (χ1n) is 9.15. The summed E-state index contributed by atoms with van der Waals surface area (Å²) in [4.78, 5) is 8.17. The number of rotatable bonds is 5. The van der Waals surface area contributed by atoms with E-state index in [0.29, 0.717) is 29.0 Å². The number of halogens is 4. The maximum absolute atomic E-state index is 13.6. The number of pyridine rings is 1. The number of hydrogen-bond donors (Lipinski definition) is 2. The molecule has 1 aliphatic rings. The summed E-state index contributed by atoms with van der Waals surface area (Å²) in [5.41, 5.74) is 0.288. The highest BCUT2D eigenvalue weighted by Crippen LogP contribution is 2.34. The van der Waals surface area contributed by atoms with Gasteiger partial charge in [-0.1, -0.05) is 0 Å². The zero-order valence-electron chi connectivity index (χ0n) is 16.1. The lowest BCUT2D eigenvalue weighted by Crippen LogP contribution is -2.18. The lowest BCUT2D eigenvalue weighted by molar-refractivity contribution is -0.137. The molecule has 0 fully saturated rings. The van der Waals surface area contributed by atoms with Crippen LogP contribution in [0.4, 0.5) is 29.1 Å². The van der Waals surface area contributed by atoms with Crippen LogP contribution in [0, 0.1) is 0 Å². The van der Waals surface area contributed by atoms with E-state index < -0.39 is 27.9 Å². The van der Waals surface area contributed by atoms with Crippen LogP contribution < -0.4 is 10.0 Å². The first-order chi connectivity index (χ1) is 14.6. The average Bonchev–Trinajstić information content (AvgIpc) is 3.25. The minimum absolute atomic E-state index is 0.0209. The van der Waals surface area contributed by atoms with E-state index >= 15 is 0 Å². The van der Waals surface area contributed by atoms with E-state index in [-0.39, 0.29) is 23.7 Å². The van der Waals surface area contributed by atoms with Crippen LogP contribution in [0.15, 0.2) is 47.6 Å². The fourth-order valence-corrected chi connectivity index (χ4v) is 4.04. The molecule has 0 saturated carbocycles. The summed E-state index contributed by atoms with van der Waals surface area (Å²) in [5.74, 6) is 0.664. The van der Waals surface area contributed by atoms with E-state index in [4.69, 9.17) is 0 Å². The smallest absolute Gasteiger partial charge is 0.340 e. The Balaban J connectivity index is 1.74. The molecule has 2 aromatic heterocycles. The number of imidazole rings is 1. The highest BCUT2D eigenvalue weighted by atomic mass is 32.2. The first kappa shape index (κ1) is 21.2. The Bertz CT molecular complexity index is 1200. The number of benzene rings is 1. The molecule has 1 aromatic carbocycles. The van der Waals surface area contributed by atoms with E-state index in [1.54, 1.807) is 10.8 Å². The van der Waals surface area contributed by atoms with Gasteiger partial charge in [-0.3, -0.25) is 0 Å². The molecule has 0 radical (unpaired) electrons. The van der Waals surface area contributed by atoms with Crippen LogP contribution in [0.2, 0.25) is 0 Å². The van der Waals surface area contributed by atoms with E-state index in [0.717, 1.165) is 6.07 Å². The summed E-state index contributed by atoms with van der Waals surface area (Å²) in [6.07, 6.45) is -3.07. The van der Waals surface area contributed by atoms with Gasteiger partial charge in [-0.25, -0.2) is 27.5 Å². The third-order valence-corrected chi connectivity index (χ3v) is 6.27. The molecule has 1 atom stereocenters. The highest BCUT2D eigenvalue weighted by molar-refractivity contribution is 7.89. The molecule has 2 N–H and O–H groups in total. The number of nitrogens with one attached hydrogen (secondary N) is 2. The minimum atomic E-state index is -4.51. The maximum Gasteiger partial charge on any atom is 0.417 e. The summed E-state index contributed by atoms with van der Waals surface area (Å²) in [5, 5.41) is 2.90. The van der Waals surface area contributed by atoms with Crippen LogP contribution in [0.1, 0.15) is 11.4 Å². The molecule has 31 heavy (non-hydrogen) atoms. The molecule has 7 nitrogen and oxygen atoms in total. The predicted molar refractivity (Wildman–Crippen MR) is 105 cm³/mol. The van der Waals surface area contributed by atoms with Gasteiger partial charge in [-0.2, -0.15) is 13.2 Å². The summed E-state index contributed by atoms with van der Waals surface area (Å²) < 4.78 is 80.3. The molecule has 0 spiro atoms. The highest BCUT2D eigenvalue weighted by Gasteiger charge is 2.30. The Hall–Kier alpha value is -2.99. The lowest BCUT2D eigenvalue weighted by atomic mass is 10.1. The Labute approximate surface area is 175 Å². The topological polar surface area (TPSA) is 88.9 Å². The van der Waals surface area contributed by atoms with Crippen molar-refractivity contribution in [2.75, 3.05) is 12.4 Å². The zero-order chi connectivity index (χ0) is 22.4.